The van der Waals surface area contributed by atoms with Crippen LogP contribution in [-0.2, 0) is 52.3 Å². The molecular weight excluding hydrogens is 562 g/mol. The van der Waals surface area contributed by atoms with Gasteiger partial charge in [-0.25, -0.2) is 0 Å². The molecule has 12 nitrogen and oxygen atoms in total. The molecule has 0 N–H and O–H groups in total. The van der Waals surface area contributed by atoms with Crippen LogP contribution in [0.1, 0.15) is 47.0 Å². The number of carbonyl (C=O) groups excluding carboxylic acids is 4. The summed E-state index contributed by atoms with van der Waals surface area (Å²) in [6, 6.07) is -0.261. The zero-order valence-corrected chi connectivity index (χ0v) is 26.4. The minimum absolute atomic E-state index is 0.0369. The van der Waals surface area contributed by atoms with Gasteiger partial charge in [-0.2, -0.15) is 0 Å². The number of rotatable bonds is 9. The molecule has 4 aliphatic carbocycles. The van der Waals surface area contributed by atoms with Crippen LogP contribution < -0.4 is 0 Å². The van der Waals surface area contributed by atoms with Gasteiger partial charge in [-0.1, -0.05) is 6.92 Å². The SMILES string of the molecule is CCN1C[C@@]2(COC)[C@H]3[C@@H](OC)[C@H]4[C@@H]1[C@]3([C@@H](OC)C[C@H]2OC(C)=O)[C@@H]1CC(=O)[C@@H](OC)C[C@@]4(OC(C)=O)/C1=C/OC(C)=O. The third-order valence-corrected chi connectivity index (χ3v) is 11.1. The number of fused-ring (bicyclic) bond motifs is 3. The molecule has 0 unspecified atom stereocenters. The number of ether oxygens (including phenoxy) is 7. The van der Waals surface area contributed by atoms with Gasteiger partial charge in [-0.15, -0.1) is 0 Å². The van der Waals surface area contributed by atoms with E-state index in [1.807, 2.05) is 0 Å². The first-order chi connectivity index (χ1) is 20.4. The van der Waals surface area contributed by atoms with Gasteiger partial charge in [0.25, 0.3) is 0 Å². The van der Waals surface area contributed by atoms with Crippen LogP contribution in [0, 0.1) is 28.6 Å². The second kappa shape index (κ2) is 11.5. The third kappa shape index (κ3) is 4.34. The van der Waals surface area contributed by atoms with Crippen molar-refractivity contribution in [3.63, 3.8) is 0 Å². The number of methoxy groups -OCH3 is 4. The van der Waals surface area contributed by atoms with Crippen molar-refractivity contribution in [1.29, 1.82) is 0 Å². The van der Waals surface area contributed by atoms with Crippen molar-refractivity contribution in [2.75, 3.05) is 48.1 Å². The molecule has 7 bridgehead atoms. The van der Waals surface area contributed by atoms with E-state index in [9.17, 15) is 19.2 Å². The lowest BCUT2D eigenvalue weighted by molar-refractivity contribution is -0.275. The molecule has 4 saturated carbocycles. The maximum Gasteiger partial charge on any atom is 0.307 e. The van der Waals surface area contributed by atoms with Crippen molar-refractivity contribution in [2.24, 2.45) is 28.6 Å². The fourth-order valence-electron chi connectivity index (χ4n) is 10.3. The van der Waals surface area contributed by atoms with Crippen molar-refractivity contribution in [1.82, 2.24) is 4.90 Å². The number of carbonyl (C=O) groups is 4. The van der Waals surface area contributed by atoms with Gasteiger partial charge in [-0.3, -0.25) is 24.1 Å². The molecule has 43 heavy (non-hydrogen) atoms. The molecule has 12 heteroatoms. The molecule has 0 radical (unpaired) electrons. The molecule has 240 valence electrons. The van der Waals surface area contributed by atoms with E-state index in [2.05, 4.69) is 11.8 Å². The molecule has 5 fully saturated rings. The summed E-state index contributed by atoms with van der Waals surface area (Å²) in [5, 5.41) is 0. The molecule has 0 aromatic carbocycles. The number of hydrogen-bond acceptors (Lipinski definition) is 12. The molecular formula is C31H45NO11. The molecule has 5 aliphatic rings. The molecule has 5 rings (SSSR count). The van der Waals surface area contributed by atoms with E-state index in [0.29, 0.717) is 25.1 Å². The Morgan fingerprint density at radius 1 is 0.977 bits per heavy atom. The molecule has 0 aromatic rings. The van der Waals surface area contributed by atoms with Crippen LogP contribution in [0.15, 0.2) is 11.8 Å². The average molecular weight is 608 g/mol. The Bertz CT molecular complexity index is 1190. The van der Waals surface area contributed by atoms with Gasteiger partial charge in [0.2, 0.25) is 0 Å². The first-order valence-electron chi connectivity index (χ1n) is 15.0. The maximum atomic E-state index is 14.0. The first kappa shape index (κ1) is 32.0. The third-order valence-electron chi connectivity index (χ3n) is 11.1. The minimum Gasteiger partial charge on any atom is -0.462 e. The molecule has 0 aromatic heterocycles. The van der Waals surface area contributed by atoms with Gasteiger partial charge < -0.3 is 33.2 Å². The fourth-order valence-corrected chi connectivity index (χ4v) is 10.3. The number of Topliss-reactive ketones (excluding diaryl/α,β-unsaturated/α-hetero) is 1. The van der Waals surface area contributed by atoms with Gasteiger partial charge in [-0.05, 0) is 6.54 Å². The molecule has 1 spiro atoms. The summed E-state index contributed by atoms with van der Waals surface area (Å²) in [4.78, 5) is 54.1. The highest BCUT2D eigenvalue weighted by Gasteiger charge is 2.86. The summed E-state index contributed by atoms with van der Waals surface area (Å²) in [6.07, 6.45) is -0.637. The zero-order valence-electron chi connectivity index (χ0n) is 26.4. The van der Waals surface area contributed by atoms with Gasteiger partial charge in [0.05, 0.1) is 25.1 Å². The van der Waals surface area contributed by atoms with E-state index >= 15 is 0 Å². The normalized spacial score (nSPS) is 44.1. The van der Waals surface area contributed by atoms with Crippen molar-refractivity contribution in [3.05, 3.63) is 11.8 Å². The standard InChI is InChI=1S/C31H45NO11/c1-9-32-14-29(15-37-5)23(42-17(3)34)11-24(39-7)31-19-10-21(36)22(38-6)12-30(43-18(4)35,20(19)13-41-16(2)33)25(28(31)32)26(40-8)27(29)31/h13,19,22-28H,9-12,14-15H2,1-8H3/b20-13+/t19-,22+,23-,24+,25+,26+,27-,28-,29+,30-,31+/m1/s1. The van der Waals surface area contributed by atoms with Gasteiger partial charge >= 0.3 is 17.9 Å². The van der Waals surface area contributed by atoms with E-state index in [1.165, 1.54) is 34.1 Å². The predicted octanol–water partition coefficient (Wildman–Crippen LogP) is 1.68. The Balaban J connectivity index is 1.91. The largest absolute Gasteiger partial charge is 0.462 e. The van der Waals surface area contributed by atoms with Crippen LogP contribution in [0.4, 0.5) is 0 Å². The Morgan fingerprint density at radius 2 is 1.70 bits per heavy atom. The predicted molar refractivity (Wildman–Crippen MR) is 149 cm³/mol. The maximum absolute atomic E-state index is 14.0. The van der Waals surface area contributed by atoms with E-state index in [4.69, 9.17) is 33.2 Å². The number of nitrogens with zero attached hydrogens (tertiary/aromatic N) is 1. The van der Waals surface area contributed by atoms with Gasteiger partial charge in [0.1, 0.15) is 17.8 Å². The lowest BCUT2D eigenvalue weighted by atomic mass is 9.43. The Kier molecular flexibility index (Phi) is 8.58. The van der Waals surface area contributed by atoms with Crippen molar-refractivity contribution in [2.45, 2.75) is 83.0 Å². The second-order valence-corrected chi connectivity index (χ2v) is 12.8. The fraction of sp³-hybridized carbons (Fsp3) is 0.806. The lowest BCUT2D eigenvalue weighted by Gasteiger charge is -2.69. The van der Waals surface area contributed by atoms with Crippen LogP contribution in [0.5, 0.6) is 0 Å². The molecule has 1 heterocycles. The highest BCUT2D eigenvalue weighted by Crippen LogP contribution is 2.77. The molecule has 0 amide bonds. The average Bonchev–Trinajstić information content (AvgIpc) is 3.08. The number of likely N-dealkylation sites (tertiary alicyclic amines) is 1. The van der Waals surface area contributed by atoms with Crippen LogP contribution >= 0.6 is 0 Å². The van der Waals surface area contributed by atoms with Gasteiger partial charge in [0.15, 0.2) is 5.78 Å². The number of hydrogen-bond donors (Lipinski definition) is 0. The Labute approximate surface area is 252 Å². The van der Waals surface area contributed by atoms with Gasteiger partial charge in [0, 0.05) is 115 Å². The van der Waals surface area contributed by atoms with Crippen LogP contribution in [0.3, 0.4) is 0 Å². The van der Waals surface area contributed by atoms with E-state index in [-0.39, 0.29) is 37.2 Å². The molecule has 1 aliphatic heterocycles. The van der Waals surface area contributed by atoms with E-state index in [1.54, 1.807) is 21.3 Å². The van der Waals surface area contributed by atoms with Crippen molar-refractivity contribution in [3.8, 4) is 0 Å². The number of esters is 3. The number of piperidine rings is 1. The Morgan fingerprint density at radius 3 is 2.23 bits per heavy atom. The highest BCUT2D eigenvalue weighted by molar-refractivity contribution is 5.85. The molecule has 11 atom stereocenters. The quantitative estimate of drug-likeness (QED) is 0.214. The van der Waals surface area contributed by atoms with E-state index in [0.717, 1.165) is 0 Å². The Hall–Kier alpha value is -2.38. The second-order valence-electron chi connectivity index (χ2n) is 12.8. The first-order valence-corrected chi connectivity index (χ1v) is 15.0. The summed E-state index contributed by atoms with van der Waals surface area (Å²) in [5.41, 5.74) is -2.40. The summed E-state index contributed by atoms with van der Waals surface area (Å²) >= 11 is 0. The summed E-state index contributed by atoms with van der Waals surface area (Å²) < 4.78 is 42.6. The smallest absolute Gasteiger partial charge is 0.307 e. The van der Waals surface area contributed by atoms with Crippen molar-refractivity contribution >= 4 is 23.7 Å². The van der Waals surface area contributed by atoms with Crippen molar-refractivity contribution < 1.29 is 52.3 Å². The highest BCUT2D eigenvalue weighted by atomic mass is 16.6. The van der Waals surface area contributed by atoms with Crippen LogP contribution in [0.2, 0.25) is 0 Å². The monoisotopic (exact) mass is 607 g/mol. The van der Waals surface area contributed by atoms with Crippen LogP contribution in [-0.4, -0.2) is 113 Å². The lowest BCUT2D eigenvalue weighted by Crippen LogP contribution is -2.77. The topological polar surface area (TPSA) is 136 Å². The van der Waals surface area contributed by atoms with E-state index < -0.39 is 70.6 Å². The molecule has 1 saturated heterocycles. The minimum atomic E-state index is -1.40. The number of ketones is 1. The summed E-state index contributed by atoms with van der Waals surface area (Å²) in [7, 11) is 6.37. The summed E-state index contributed by atoms with van der Waals surface area (Å²) in [6.45, 7) is 7.51. The zero-order chi connectivity index (χ0) is 31.5. The van der Waals surface area contributed by atoms with Crippen LogP contribution in [0.25, 0.3) is 0 Å². The summed E-state index contributed by atoms with van der Waals surface area (Å²) in [5.74, 6) is -3.07.